The Kier molecular flexibility index (Phi) is 4.50. The van der Waals surface area contributed by atoms with E-state index >= 15 is 0 Å². The Labute approximate surface area is 120 Å². The highest BCUT2D eigenvalue weighted by Crippen LogP contribution is 2.29. The number of nitrogens with one attached hydrogen (secondary N) is 1. The van der Waals surface area contributed by atoms with Crippen molar-refractivity contribution >= 4 is 0 Å². The number of benzene rings is 2. The average Bonchev–Trinajstić information content (AvgIpc) is 2.49. The van der Waals surface area contributed by atoms with Gasteiger partial charge < -0.3 is 4.74 Å². The molecule has 3 nitrogen and oxygen atoms in total. The molecule has 2 aromatic rings. The number of hydrogen-bond donors (Lipinski definition) is 2. The normalized spacial score (nSPS) is 12.3. The van der Waals surface area contributed by atoms with Gasteiger partial charge in [0.2, 0.25) is 0 Å². The standard InChI is InChI=1S/C15H15F3N2O/c1-8-3-4-9(7-12(8)21-2)15(20-19)10-5-6-11(16)14(18)13(10)17/h3-7,15,20H,19H2,1-2H3. The summed E-state index contributed by atoms with van der Waals surface area (Å²) in [6.45, 7) is 1.85. The van der Waals surface area contributed by atoms with Crippen molar-refractivity contribution in [3.63, 3.8) is 0 Å². The summed E-state index contributed by atoms with van der Waals surface area (Å²) in [5, 5.41) is 0. The van der Waals surface area contributed by atoms with Crippen molar-refractivity contribution in [1.29, 1.82) is 0 Å². The minimum absolute atomic E-state index is 0.0812. The van der Waals surface area contributed by atoms with Crippen LogP contribution < -0.4 is 16.0 Å². The third-order valence-electron chi connectivity index (χ3n) is 3.31. The van der Waals surface area contributed by atoms with Crippen LogP contribution in [-0.2, 0) is 0 Å². The first-order valence-electron chi connectivity index (χ1n) is 6.23. The van der Waals surface area contributed by atoms with E-state index in [2.05, 4.69) is 5.43 Å². The van der Waals surface area contributed by atoms with Gasteiger partial charge in [-0.3, -0.25) is 5.84 Å². The van der Waals surface area contributed by atoms with Gasteiger partial charge in [0.25, 0.3) is 0 Å². The van der Waals surface area contributed by atoms with Crippen molar-refractivity contribution in [2.24, 2.45) is 5.84 Å². The summed E-state index contributed by atoms with van der Waals surface area (Å²) >= 11 is 0. The molecule has 0 aromatic heterocycles. The van der Waals surface area contributed by atoms with Crippen LogP contribution in [0.4, 0.5) is 13.2 Å². The van der Waals surface area contributed by atoms with Crippen molar-refractivity contribution in [2.75, 3.05) is 7.11 Å². The van der Waals surface area contributed by atoms with Crippen LogP contribution in [0.3, 0.4) is 0 Å². The van der Waals surface area contributed by atoms with Crippen LogP contribution in [0.5, 0.6) is 5.75 Å². The number of halogens is 3. The molecular weight excluding hydrogens is 281 g/mol. The molecule has 0 aliphatic heterocycles. The Balaban J connectivity index is 2.52. The van der Waals surface area contributed by atoms with E-state index in [0.29, 0.717) is 11.3 Å². The topological polar surface area (TPSA) is 47.3 Å². The zero-order valence-electron chi connectivity index (χ0n) is 11.6. The highest BCUT2D eigenvalue weighted by Gasteiger charge is 2.22. The predicted octanol–water partition coefficient (Wildman–Crippen LogP) is 2.97. The van der Waals surface area contributed by atoms with E-state index in [-0.39, 0.29) is 5.56 Å². The van der Waals surface area contributed by atoms with Crippen molar-refractivity contribution in [2.45, 2.75) is 13.0 Å². The van der Waals surface area contributed by atoms with E-state index in [0.717, 1.165) is 17.7 Å². The number of aryl methyl sites for hydroxylation is 1. The predicted molar refractivity (Wildman–Crippen MR) is 73.2 cm³/mol. The van der Waals surface area contributed by atoms with Crippen molar-refractivity contribution in [3.8, 4) is 5.75 Å². The Hall–Kier alpha value is -2.05. The number of ether oxygens (including phenoxy) is 1. The Morgan fingerprint density at radius 1 is 1.10 bits per heavy atom. The van der Waals surface area contributed by atoms with E-state index in [1.54, 1.807) is 18.2 Å². The monoisotopic (exact) mass is 296 g/mol. The molecule has 0 aliphatic rings. The molecular formula is C15H15F3N2O. The van der Waals surface area contributed by atoms with Crippen LogP contribution >= 0.6 is 0 Å². The van der Waals surface area contributed by atoms with Gasteiger partial charge in [0.1, 0.15) is 5.75 Å². The van der Waals surface area contributed by atoms with E-state index in [4.69, 9.17) is 10.6 Å². The summed E-state index contributed by atoms with van der Waals surface area (Å²) in [5.74, 6) is 2.01. The fraction of sp³-hybridized carbons (Fsp3) is 0.200. The largest absolute Gasteiger partial charge is 0.496 e. The zero-order valence-corrected chi connectivity index (χ0v) is 11.6. The maximum absolute atomic E-state index is 13.9. The summed E-state index contributed by atoms with van der Waals surface area (Å²) in [6, 6.07) is 6.35. The summed E-state index contributed by atoms with van der Waals surface area (Å²) in [7, 11) is 1.51. The molecule has 0 bridgehead atoms. The molecule has 0 saturated carbocycles. The molecule has 6 heteroatoms. The molecule has 3 N–H and O–H groups in total. The molecule has 0 aliphatic carbocycles. The van der Waals surface area contributed by atoms with Crippen LogP contribution in [0.25, 0.3) is 0 Å². The summed E-state index contributed by atoms with van der Waals surface area (Å²) in [6.07, 6.45) is 0. The van der Waals surface area contributed by atoms with Gasteiger partial charge in [-0.2, -0.15) is 0 Å². The number of nitrogens with two attached hydrogens (primary N) is 1. The lowest BCUT2D eigenvalue weighted by molar-refractivity contribution is 0.409. The van der Waals surface area contributed by atoms with Crippen molar-refractivity contribution in [3.05, 3.63) is 64.5 Å². The van der Waals surface area contributed by atoms with Gasteiger partial charge >= 0.3 is 0 Å². The van der Waals surface area contributed by atoms with Crippen molar-refractivity contribution in [1.82, 2.24) is 5.43 Å². The first kappa shape index (κ1) is 15.3. The minimum atomic E-state index is -1.52. The minimum Gasteiger partial charge on any atom is -0.496 e. The maximum atomic E-state index is 13.9. The van der Waals surface area contributed by atoms with Crippen molar-refractivity contribution < 1.29 is 17.9 Å². The zero-order chi connectivity index (χ0) is 15.6. The van der Waals surface area contributed by atoms with E-state index in [9.17, 15) is 13.2 Å². The number of rotatable bonds is 4. The second-order valence-corrected chi connectivity index (χ2v) is 4.59. The van der Waals surface area contributed by atoms with E-state index in [1.165, 1.54) is 7.11 Å². The van der Waals surface area contributed by atoms with Crippen LogP contribution in [0.15, 0.2) is 30.3 Å². The van der Waals surface area contributed by atoms with Crippen LogP contribution in [0, 0.1) is 24.4 Å². The highest BCUT2D eigenvalue weighted by atomic mass is 19.2. The Bertz CT molecular complexity index is 662. The lowest BCUT2D eigenvalue weighted by Crippen LogP contribution is -2.30. The fourth-order valence-electron chi connectivity index (χ4n) is 2.15. The summed E-state index contributed by atoms with van der Waals surface area (Å²) in [5.41, 5.74) is 3.79. The Morgan fingerprint density at radius 3 is 2.43 bits per heavy atom. The summed E-state index contributed by atoms with van der Waals surface area (Å²) < 4.78 is 45.5. The van der Waals surface area contributed by atoms with Gasteiger partial charge in [-0.05, 0) is 30.2 Å². The molecule has 1 unspecified atom stereocenters. The lowest BCUT2D eigenvalue weighted by Gasteiger charge is -2.19. The number of hydrazine groups is 1. The molecule has 0 amide bonds. The van der Waals surface area contributed by atoms with Gasteiger partial charge in [-0.1, -0.05) is 18.2 Å². The van der Waals surface area contributed by atoms with E-state index < -0.39 is 23.5 Å². The average molecular weight is 296 g/mol. The SMILES string of the molecule is COc1cc(C(NN)c2ccc(F)c(F)c2F)ccc1C. The second-order valence-electron chi connectivity index (χ2n) is 4.59. The number of methoxy groups -OCH3 is 1. The molecule has 1 atom stereocenters. The molecule has 0 fully saturated rings. The third-order valence-corrected chi connectivity index (χ3v) is 3.31. The molecule has 2 aromatic carbocycles. The first-order valence-corrected chi connectivity index (χ1v) is 6.23. The third kappa shape index (κ3) is 2.86. The fourth-order valence-corrected chi connectivity index (χ4v) is 2.15. The molecule has 0 radical (unpaired) electrons. The molecule has 2 rings (SSSR count). The van der Waals surface area contributed by atoms with Crippen LogP contribution in [0.1, 0.15) is 22.7 Å². The van der Waals surface area contributed by atoms with Gasteiger partial charge in [-0.15, -0.1) is 0 Å². The highest BCUT2D eigenvalue weighted by molar-refractivity contribution is 5.41. The molecule has 0 heterocycles. The van der Waals surface area contributed by atoms with Gasteiger partial charge in [0.15, 0.2) is 17.5 Å². The molecule has 0 saturated heterocycles. The quantitative estimate of drug-likeness (QED) is 0.518. The van der Waals surface area contributed by atoms with Gasteiger partial charge in [0.05, 0.1) is 13.2 Å². The van der Waals surface area contributed by atoms with Gasteiger partial charge in [0, 0.05) is 5.56 Å². The van der Waals surface area contributed by atoms with Gasteiger partial charge in [-0.25, -0.2) is 18.6 Å². The summed E-state index contributed by atoms with van der Waals surface area (Å²) in [4.78, 5) is 0. The lowest BCUT2D eigenvalue weighted by atomic mass is 9.97. The molecule has 0 spiro atoms. The maximum Gasteiger partial charge on any atom is 0.194 e. The Morgan fingerprint density at radius 2 is 1.81 bits per heavy atom. The van der Waals surface area contributed by atoms with Crippen LogP contribution in [-0.4, -0.2) is 7.11 Å². The smallest absolute Gasteiger partial charge is 0.194 e. The number of hydrogen-bond acceptors (Lipinski definition) is 3. The van der Waals surface area contributed by atoms with E-state index in [1.807, 2.05) is 6.92 Å². The second kappa shape index (κ2) is 6.15. The first-order chi connectivity index (χ1) is 9.99. The molecule has 21 heavy (non-hydrogen) atoms. The van der Waals surface area contributed by atoms with Crippen LogP contribution in [0.2, 0.25) is 0 Å². The molecule has 112 valence electrons.